The largest absolute Gasteiger partial charge is 0.493 e. The number of carbonyl (C=O) groups is 1. The van der Waals surface area contributed by atoms with E-state index in [-0.39, 0.29) is 17.9 Å². The van der Waals surface area contributed by atoms with Gasteiger partial charge in [-0.3, -0.25) is 4.79 Å². The Balaban J connectivity index is 2.71. The monoisotopic (exact) mass is 251 g/mol. The smallest absolute Gasteiger partial charge is 0.211 e. The van der Waals surface area contributed by atoms with Crippen molar-refractivity contribution < 1.29 is 24.2 Å². The van der Waals surface area contributed by atoms with Gasteiger partial charge in [-0.2, -0.15) is 0 Å². The van der Waals surface area contributed by atoms with Crippen LogP contribution in [0.3, 0.4) is 0 Å². The lowest BCUT2D eigenvalue weighted by atomic mass is 10.1. The van der Waals surface area contributed by atoms with Gasteiger partial charge in [-0.05, 0) is 6.07 Å². The van der Waals surface area contributed by atoms with Crippen molar-refractivity contribution in [2.75, 3.05) is 21.3 Å². The van der Waals surface area contributed by atoms with Crippen LogP contribution in [-0.4, -0.2) is 38.0 Å². The van der Waals surface area contributed by atoms with E-state index < -0.39 is 0 Å². The van der Waals surface area contributed by atoms with Crippen molar-refractivity contribution in [2.45, 2.75) is 6.42 Å². The summed E-state index contributed by atoms with van der Waals surface area (Å²) in [5.41, 5.74) is 1.14. The van der Waals surface area contributed by atoms with Crippen LogP contribution in [-0.2, 0) is 6.42 Å². The van der Waals surface area contributed by atoms with Gasteiger partial charge in [0.15, 0.2) is 11.5 Å². The van der Waals surface area contributed by atoms with E-state index in [1.807, 2.05) is 0 Å². The third-order valence-electron chi connectivity index (χ3n) is 2.90. The highest BCUT2D eigenvalue weighted by Crippen LogP contribution is 2.44. The molecule has 6 nitrogen and oxygen atoms in total. The van der Waals surface area contributed by atoms with Crippen LogP contribution >= 0.6 is 0 Å². The molecule has 0 radical (unpaired) electrons. The van der Waals surface area contributed by atoms with Crippen molar-refractivity contribution >= 4 is 11.5 Å². The Bertz CT molecular complexity index is 536. The van der Waals surface area contributed by atoms with Gasteiger partial charge in [-0.1, -0.05) is 5.16 Å². The van der Waals surface area contributed by atoms with Gasteiger partial charge in [0, 0.05) is 17.5 Å². The summed E-state index contributed by atoms with van der Waals surface area (Å²) < 4.78 is 15.7. The van der Waals surface area contributed by atoms with Crippen molar-refractivity contribution in [3.05, 3.63) is 17.2 Å². The molecule has 1 aromatic rings. The number of carbonyl (C=O) groups excluding carboxylic acids is 1. The summed E-state index contributed by atoms with van der Waals surface area (Å²) in [5.74, 6) is 0.928. The molecule has 18 heavy (non-hydrogen) atoms. The van der Waals surface area contributed by atoms with Gasteiger partial charge in [0.25, 0.3) is 0 Å². The van der Waals surface area contributed by atoms with E-state index in [9.17, 15) is 4.79 Å². The van der Waals surface area contributed by atoms with E-state index in [0.29, 0.717) is 28.4 Å². The molecule has 0 atom stereocenters. The van der Waals surface area contributed by atoms with Crippen LogP contribution in [0, 0.1) is 0 Å². The zero-order valence-corrected chi connectivity index (χ0v) is 10.3. The molecule has 0 amide bonds. The maximum Gasteiger partial charge on any atom is 0.211 e. The van der Waals surface area contributed by atoms with Gasteiger partial charge >= 0.3 is 0 Å². The first-order valence-electron chi connectivity index (χ1n) is 5.25. The molecule has 0 bridgehead atoms. The van der Waals surface area contributed by atoms with E-state index in [1.54, 1.807) is 6.07 Å². The lowest BCUT2D eigenvalue weighted by molar-refractivity contribution is 0.106. The van der Waals surface area contributed by atoms with E-state index >= 15 is 0 Å². The summed E-state index contributed by atoms with van der Waals surface area (Å²) >= 11 is 0. The molecule has 0 saturated heterocycles. The first kappa shape index (κ1) is 12.2. The topological polar surface area (TPSA) is 77.3 Å². The van der Waals surface area contributed by atoms with Crippen molar-refractivity contribution in [2.24, 2.45) is 5.16 Å². The van der Waals surface area contributed by atoms with Gasteiger partial charge < -0.3 is 19.4 Å². The predicted molar refractivity (Wildman–Crippen MR) is 63.4 cm³/mol. The Kier molecular flexibility index (Phi) is 3.10. The van der Waals surface area contributed by atoms with Crippen LogP contribution in [0.5, 0.6) is 17.2 Å². The molecule has 0 fully saturated rings. The summed E-state index contributed by atoms with van der Waals surface area (Å²) in [7, 11) is 4.45. The van der Waals surface area contributed by atoms with E-state index in [2.05, 4.69) is 5.16 Å². The molecule has 2 rings (SSSR count). The second-order valence-electron chi connectivity index (χ2n) is 3.72. The number of benzene rings is 1. The number of nitrogens with zero attached hydrogens (tertiary/aromatic N) is 1. The molecular weight excluding hydrogens is 238 g/mol. The fraction of sp³-hybridized carbons (Fsp3) is 0.333. The van der Waals surface area contributed by atoms with E-state index in [4.69, 9.17) is 19.4 Å². The molecule has 0 aromatic heterocycles. The van der Waals surface area contributed by atoms with Crippen molar-refractivity contribution in [1.29, 1.82) is 0 Å². The lowest BCUT2D eigenvalue weighted by Gasteiger charge is -2.14. The van der Waals surface area contributed by atoms with Crippen LogP contribution in [0.15, 0.2) is 11.2 Å². The van der Waals surface area contributed by atoms with Crippen molar-refractivity contribution in [3.8, 4) is 17.2 Å². The van der Waals surface area contributed by atoms with E-state index in [0.717, 1.165) is 0 Å². The maximum absolute atomic E-state index is 11.9. The van der Waals surface area contributed by atoms with Crippen LogP contribution in [0.25, 0.3) is 0 Å². The lowest BCUT2D eigenvalue weighted by Crippen LogP contribution is -2.07. The minimum Gasteiger partial charge on any atom is -0.493 e. The molecule has 1 aromatic carbocycles. The number of ether oxygens (including phenoxy) is 3. The van der Waals surface area contributed by atoms with Gasteiger partial charge in [0.05, 0.1) is 21.3 Å². The summed E-state index contributed by atoms with van der Waals surface area (Å²) in [4.78, 5) is 11.9. The van der Waals surface area contributed by atoms with Gasteiger partial charge in [-0.15, -0.1) is 0 Å². The molecule has 1 aliphatic rings. The van der Waals surface area contributed by atoms with Crippen LogP contribution in [0.4, 0.5) is 0 Å². The number of methoxy groups -OCH3 is 3. The molecule has 0 aliphatic heterocycles. The normalized spacial score (nSPS) is 15.7. The molecule has 1 N–H and O–H groups in total. The first-order chi connectivity index (χ1) is 8.67. The number of oxime groups is 1. The zero-order chi connectivity index (χ0) is 13.3. The second kappa shape index (κ2) is 4.56. The Morgan fingerprint density at radius 2 is 1.83 bits per heavy atom. The average Bonchev–Trinajstić information content (AvgIpc) is 2.72. The number of Topliss-reactive ketones (excluding diaryl/α,β-unsaturated/α-hetero) is 1. The van der Waals surface area contributed by atoms with Gasteiger partial charge in [0.1, 0.15) is 5.71 Å². The molecule has 0 unspecified atom stereocenters. The van der Waals surface area contributed by atoms with Crippen LogP contribution in [0.2, 0.25) is 0 Å². The fourth-order valence-electron chi connectivity index (χ4n) is 2.08. The number of hydrogen-bond acceptors (Lipinski definition) is 6. The molecule has 0 spiro atoms. The number of fused-ring (bicyclic) bond motifs is 1. The number of hydrogen-bond donors (Lipinski definition) is 1. The minimum absolute atomic E-state index is 0.0820. The third-order valence-corrected chi connectivity index (χ3v) is 2.90. The average molecular weight is 251 g/mol. The molecular formula is C12H13NO5. The fourth-order valence-corrected chi connectivity index (χ4v) is 2.08. The Morgan fingerprint density at radius 1 is 1.17 bits per heavy atom. The standard InChI is InChI=1S/C12H13NO5/c1-16-9-5-6-7(4-8(13-15)10(6)14)11(17-2)12(9)18-3/h5,15H,4H2,1-3H3/b13-8-. The Morgan fingerprint density at radius 3 is 2.33 bits per heavy atom. The van der Waals surface area contributed by atoms with Gasteiger partial charge in [-0.25, -0.2) is 0 Å². The minimum atomic E-state index is -0.327. The molecule has 0 saturated carbocycles. The zero-order valence-electron chi connectivity index (χ0n) is 10.3. The summed E-state index contributed by atoms with van der Waals surface area (Å²) in [6.07, 6.45) is 0.216. The summed E-state index contributed by atoms with van der Waals surface area (Å²) in [6.45, 7) is 0. The SMILES string of the molecule is COc1cc2c(c(OC)c1OC)C/C(=N/O)C2=O. The molecule has 1 aliphatic carbocycles. The van der Waals surface area contributed by atoms with Crippen LogP contribution < -0.4 is 14.2 Å². The highest BCUT2D eigenvalue weighted by molar-refractivity contribution is 6.49. The van der Waals surface area contributed by atoms with Crippen molar-refractivity contribution in [1.82, 2.24) is 0 Å². The second-order valence-corrected chi connectivity index (χ2v) is 3.72. The quantitative estimate of drug-likeness (QED) is 0.646. The Labute approximate surface area is 104 Å². The molecule has 6 heteroatoms. The summed E-state index contributed by atoms with van der Waals surface area (Å²) in [5, 5.41) is 11.8. The van der Waals surface area contributed by atoms with Crippen molar-refractivity contribution in [3.63, 3.8) is 0 Å². The highest BCUT2D eigenvalue weighted by atomic mass is 16.5. The van der Waals surface area contributed by atoms with Crippen LogP contribution in [0.1, 0.15) is 15.9 Å². The van der Waals surface area contributed by atoms with Gasteiger partial charge in [0.2, 0.25) is 11.5 Å². The molecule has 0 heterocycles. The van der Waals surface area contributed by atoms with E-state index in [1.165, 1.54) is 21.3 Å². The maximum atomic E-state index is 11.9. The predicted octanol–water partition coefficient (Wildman–Crippen LogP) is 1.28. The Hall–Kier alpha value is -2.24. The molecule has 96 valence electrons. The number of ketones is 1. The first-order valence-corrected chi connectivity index (χ1v) is 5.25. The summed E-state index contributed by atoms with van der Waals surface area (Å²) in [6, 6.07) is 1.57. The third kappa shape index (κ3) is 1.57. The highest BCUT2D eigenvalue weighted by Gasteiger charge is 2.33. The number of rotatable bonds is 3.